The van der Waals surface area contributed by atoms with Gasteiger partial charge in [-0.2, -0.15) is 0 Å². The van der Waals surface area contributed by atoms with E-state index in [1.54, 1.807) is 18.2 Å². The van der Waals surface area contributed by atoms with Crippen molar-refractivity contribution in [3.63, 3.8) is 0 Å². The summed E-state index contributed by atoms with van der Waals surface area (Å²) < 4.78 is 15.8. The summed E-state index contributed by atoms with van der Waals surface area (Å²) in [6.07, 6.45) is 2.69. The molecule has 1 heterocycles. The topological polar surface area (TPSA) is 22.0 Å². The van der Waals surface area contributed by atoms with E-state index in [1.807, 2.05) is 29.0 Å². The summed E-state index contributed by atoms with van der Waals surface area (Å²) in [5, 5.41) is 1.08. The van der Waals surface area contributed by atoms with Gasteiger partial charge in [0.05, 0.1) is 11.6 Å². The quantitative estimate of drug-likeness (QED) is 0.659. The lowest BCUT2D eigenvalue weighted by Crippen LogP contribution is -2.00. The summed E-state index contributed by atoms with van der Waals surface area (Å²) in [6, 6.07) is 12.3. The highest BCUT2D eigenvalue weighted by molar-refractivity contribution is 6.30. The summed E-state index contributed by atoms with van der Waals surface area (Å²) in [5.74, 6) is -0.388. The van der Waals surface area contributed by atoms with E-state index in [2.05, 4.69) is 0 Å². The van der Waals surface area contributed by atoms with E-state index in [-0.39, 0.29) is 10.8 Å². The molecular formula is C16H11ClFNO. The number of halogens is 2. The fourth-order valence-electron chi connectivity index (χ4n) is 2.28. The van der Waals surface area contributed by atoms with Crippen molar-refractivity contribution in [3.05, 3.63) is 70.6 Å². The Morgan fingerprint density at radius 3 is 2.85 bits per heavy atom. The van der Waals surface area contributed by atoms with Gasteiger partial charge in [0.25, 0.3) is 0 Å². The number of aromatic nitrogens is 1. The van der Waals surface area contributed by atoms with Crippen molar-refractivity contribution in [2.45, 2.75) is 6.54 Å². The van der Waals surface area contributed by atoms with E-state index in [0.29, 0.717) is 17.7 Å². The molecule has 0 bridgehead atoms. The van der Waals surface area contributed by atoms with Crippen LogP contribution >= 0.6 is 11.6 Å². The first-order valence-corrected chi connectivity index (χ1v) is 6.54. The average Bonchev–Trinajstić information content (AvgIpc) is 2.86. The molecule has 3 aromatic rings. The summed E-state index contributed by atoms with van der Waals surface area (Å²) in [7, 11) is 0. The smallest absolute Gasteiger partial charge is 0.150 e. The van der Waals surface area contributed by atoms with Gasteiger partial charge in [-0.15, -0.1) is 0 Å². The van der Waals surface area contributed by atoms with Crippen LogP contribution < -0.4 is 0 Å². The average molecular weight is 288 g/mol. The number of hydrogen-bond acceptors (Lipinski definition) is 1. The van der Waals surface area contributed by atoms with E-state index < -0.39 is 0 Å². The molecule has 0 aliphatic rings. The number of carbonyl (C=O) groups is 1. The molecule has 4 heteroatoms. The third-order valence-corrected chi connectivity index (χ3v) is 3.60. The van der Waals surface area contributed by atoms with Crippen LogP contribution in [0, 0.1) is 5.82 Å². The lowest BCUT2D eigenvalue weighted by molar-refractivity contribution is 0.112. The van der Waals surface area contributed by atoms with Gasteiger partial charge in [-0.05, 0) is 30.3 Å². The number of rotatable bonds is 3. The predicted octanol–water partition coefficient (Wildman–Crippen LogP) is 4.29. The summed E-state index contributed by atoms with van der Waals surface area (Å²) in [6.45, 7) is 0.399. The summed E-state index contributed by atoms with van der Waals surface area (Å²) >= 11 is 5.79. The number of nitrogens with zero attached hydrogens (tertiary/aromatic N) is 1. The van der Waals surface area contributed by atoms with Gasteiger partial charge in [-0.25, -0.2) is 4.39 Å². The maximum absolute atomic E-state index is 13.9. The molecule has 0 unspecified atom stereocenters. The van der Waals surface area contributed by atoms with E-state index >= 15 is 0 Å². The SMILES string of the molecule is O=Cc1ccc2c(ccn2Cc2cccc(Cl)c2F)c1. The van der Waals surface area contributed by atoms with Crippen LogP contribution in [-0.2, 0) is 6.54 Å². The monoisotopic (exact) mass is 287 g/mol. The molecule has 0 amide bonds. The number of aldehydes is 1. The molecule has 1 aromatic heterocycles. The summed E-state index contributed by atoms with van der Waals surface area (Å²) in [5.41, 5.74) is 2.12. The molecule has 0 N–H and O–H groups in total. The molecule has 0 saturated heterocycles. The minimum Gasteiger partial charge on any atom is -0.343 e. The lowest BCUT2D eigenvalue weighted by Gasteiger charge is -2.08. The Balaban J connectivity index is 2.03. The maximum Gasteiger partial charge on any atom is 0.150 e. The normalized spacial score (nSPS) is 10.9. The number of benzene rings is 2. The summed E-state index contributed by atoms with van der Waals surface area (Å²) in [4.78, 5) is 10.8. The van der Waals surface area contributed by atoms with Crippen molar-refractivity contribution >= 4 is 28.8 Å². The third-order valence-electron chi connectivity index (χ3n) is 3.30. The molecular weight excluding hydrogens is 277 g/mol. The van der Waals surface area contributed by atoms with Crippen molar-refractivity contribution in [2.24, 2.45) is 0 Å². The highest BCUT2D eigenvalue weighted by Gasteiger charge is 2.08. The van der Waals surface area contributed by atoms with Crippen LogP contribution in [0.15, 0.2) is 48.7 Å². The van der Waals surface area contributed by atoms with E-state index in [9.17, 15) is 9.18 Å². The molecule has 0 atom stereocenters. The van der Waals surface area contributed by atoms with E-state index in [0.717, 1.165) is 17.2 Å². The van der Waals surface area contributed by atoms with Gasteiger partial charge in [-0.3, -0.25) is 4.79 Å². The Morgan fingerprint density at radius 1 is 1.20 bits per heavy atom. The van der Waals surface area contributed by atoms with Crippen LogP contribution in [-0.4, -0.2) is 10.9 Å². The van der Waals surface area contributed by atoms with Crippen molar-refractivity contribution in [2.75, 3.05) is 0 Å². The Labute approximate surface area is 120 Å². The van der Waals surface area contributed by atoms with Crippen LogP contribution in [0.2, 0.25) is 5.02 Å². The molecule has 2 aromatic carbocycles. The lowest BCUT2D eigenvalue weighted by atomic mass is 10.1. The van der Waals surface area contributed by atoms with Crippen LogP contribution in [0.4, 0.5) is 4.39 Å². The first kappa shape index (κ1) is 12.9. The second kappa shape index (κ2) is 5.10. The van der Waals surface area contributed by atoms with Crippen molar-refractivity contribution in [3.8, 4) is 0 Å². The first-order valence-electron chi connectivity index (χ1n) is 6.16. The Bertz CT molecular complexity index is 794. The Hall–Kier alpha value is -2.13. The second-order valence-corrected chi connectivity index (χ2v) is 5.00. The van der Waals surface area contributed by atoms with Gasteiger partial charge in [-0.1, -0.05) is 23.7 Å². The van der Waals surface area contributed by atoms with Gasteiger partial charge >= 0.3 is 0 Å². The number of carbonyl (C=O) groups excluding carboxylic acids is 1. The maximum atomic E-state index is 13.9. The fraction of sp³-hybridized carbons (Fsp3) is 0.0625. The third kappa shape index (κ3) is 2.21. The molecule has 0 fully saturated rings. The fourth-order valence-corrected chi connectivity index (χ4v) is 2.48. The zero-order valence-corrected chi connectivity index (χ0v) is 11.3. The Kier molecular flexibility index (Phi) is 3.28. The molecule has 0 spiro atoms. The van der Waals surface area contributed by atoms with Crippen molar-refractivity contribution < 1.29 is 9.18 Å². The van der Waals surface area contributed by atoms with Gasteiger partial charge in [0.1, 0.15) is 12.1 Å². The van der Waals surface area contributed by atoms with Crippen molar-refractivity contribution in [1.82, 2.24) is 4.57 Å². The minimum absolute atomic E-state index is 0.127. The molecule has 0 radical (unpaired) electrons. The van der Waals surface area contributed by atoms with Gasteiger partial charge in [0.15, 0.2) is 0 Å². The number of fused-ring (bicyclic) bond motifs is 1. The molecule has 100 valence electrons. The standard InChI is InChI=1S/C16H11ClFNO/c17-14-3-1-2-13(16(14)18)9-19-7-6-12-8-11(10-20)4-5-15(12)19/h1-8,10H,9H2. The molecule has 0 aliphatic carbocycles. The predicted molar refractivity (Wildman–Crippen MR) is 77.8 cm³/mol. The first-order chi connectivity index (χ1) is 9.69. The highest BCUT2D eigenvalue weighted by Crippen LogP contribution is 2.22. The highest BCUT2D eigenvalue weighted by atomic mass is 35.5. The van der Waals surface area contributed by atoms with Crippen LogP contribution in [0.1, 0.15) is 15.9 Å². The second-order valence-electron chi connectivity index (χ2n) is 4.59. The minimum atomic E-state index is -0.388. The van der Waals surface area contributed by atoms with Crippen LogP contribution in [0.25, 0.3) is 10.9 Å². The zero-order valence-electron chi connectivity index (χ0n) is 10.5. The number of hydrogen-bond donors (Lipinski definition) is 0. The van der Waals surface area contributed by atoms with E-state index in [4.69, 9.17) is 11.6 Å². The molecule has 3 rings (SSSR count). The van der Waals surface area contributed by atoms with Gasteiger partial charge < -0.3 is 4.57 Å². The van der Waals surface area contributed by atoms with E-state index in [1.165, 1.54) is 6.07 Å². The van der Waals surface area contributed by atoms with Gasteiger partial charge in [0, 0.05) is 28.2 Å². The molecule has 0 saturated carbocycles. The molecule has 20 heavy (non-hydrogen) atoms. The van der Waals surface area contributed by atoms with Gasteiger partial charge in [0.2, 0.25) is 0 Å². The molecule has 2 nitrogen and oxygen atoms in total. The largest absolute Gasteiger partial charge is 0.343 e. The van der Waals surface area contributed by atoms with Crippen LogP contribution in [0.3, 0.4) is 0 Å². The Morgan fingerprint density at radius 2 is 2.05 bits per heavy atom. The van der Waals surface area contributed by atoms with Crippen LogP contribution in [0.5, 0.6) is 0 Å². The molecule has 0 aliphatic heterocycles. The van der Waals surface area contributed by atoms with Crippen molar-refractivity contribution in [1.29, 1.82) is 0 Å². The zero-order chi connectivity index (χ0) is 14.1.